The molecular weight excluding hydrogens is 369 g/mol. The molecule has 0 aliphatic rings. The summed E-state index contributed by atoms with van der Waals surface area (Å²) in [5, 5.41) is 3.57. The minimum atomic E-state index is -3.63. The van der Waals surface area contributed by atoms with Crippen molar-refractivity contribution in [3.63, 3.8) is 0 Å². The number of ether oxygens (including phenoxy) is 1. The average molecular weight is 397 g/mol. The zero-order valence-corrected chi connectivity index (χ0v) is 17.9. The fourth-order valence-electron chi connectivity index (χ4n) is 2.25. The van der Waals surface area contributed by atoms with E-state index in [1.807, 2.05) is 0 Å². The number of hydrogen-bond acceptors (Lipinski definition) is 6. The smallest absolute Gasteiger partial charge is 0.336 e. The predicted octanol–water partition coefficient (Wildman–Crippen LogP) is 6.27. The Balaban J connectivity index is 3.43. The monoisotopic (exact) mass is 397 g/mol. The maximum absolute atomic E-state index is 13.5. The Morgan fingerprint density at radius 1 is 1.15 bits per heavy atom. The van der Waals surface area contributed by atoms with Crippen molar-refractivity contribution < 1.29 is 23.1 Å². The molecule has 0 saturated heterocycles. The third kappa shape index (κ3) is 8.14. The van der Waals surface area contributed by atoms with Crippen LogP contribution in [-0.4, -0.2) is 17.2 Å². The summed E-state index contributed by atoms with van der Waals surface area (Å²) in [6.07, 6.45) is 0.00133. The molecule has 0 amide bonds. The lowest BCUT2D eigenvalue weighted by atomic mass is 10.2. The first kappa shape index (κ1) is 23.2. The maximum atomic E-state index is 13.5. The highest BCUT2D eigenvalue weighted by molar-refractivity contribution is 7.53. The van der Waals surface area contributed by atoms with E-state index in [0.29, 0.717) is 5.56 Å². The van der Waals surface area contributed by atoms with Crippen molar-refractivity contribution in [3.05, 3.63) is 34.2 Å². The Hall–Kier alpha value is -1.85. The van der Waals surface area contributed by atoms with Crippen molar-refractivity contribution in [2.75, 3.05) is 0 Å². The van der Waals surface area contributed by atoms with E-state index in [0.717, 1.165) is 0 Å². The lowest BCUT2D eigenvalue weighted by Crippen LogP contribution is -2.24. The van der Waals surface area contributed by atoms with Crippen molar-refractivity contribution >= 4 is 19.3 Å². The number of rotatable bonds is 7. The van der Waals surface area contributed by atoms with Crippen molar-refractivity contribution in [1.82, 2.24) is 0 Å². The summed E-state index contributed by atoms with van der Waals surface area (Å²) in [5.41, 5.74) is 7.88. The normalized spacial score (nSPS) is 12.4. The van der Waals surface area contributed by atoms with E-state index in [2.05, 4.69) is 10.0 Å². The van der Waals surface area contributed by atoms with Crippen LogP contribution >= 0.6 is 7.60 Å². The molecule has 0 bridgehead atoms. The van der Waals surface area contributed by atoms with Crippen molar-refractivity contribution in [1.29, 1.82) is 0 Å². The summed E-state index contributed by atoms with van der Waals surface area (Å²) in [5.74, 6) is -0.433. The molecule has 0 fully saturated rings. The molecule has 0 aliphatic heterocycles. The van der Waals surface area contributed by atoms with Gasteiger partial charge in [-0.2, -0.15) is 0 Å². The Bertz CT molecular complexity index is 754. The third-order valence-corrected chi connectivity index (χ3v) is 5.30. The molecule has 8 nitrogen and oxygen atoms in total. The Morgan fingerprint density at radius 3 is 2.15 bits per heavy atom. The highest BCUT2D eigenvalue weighted by Crippen LogP contribution is 2.58. The van der Waals surface area contributed by atoms with Crippen LogP contribution in [0.5, 0.6) is 5.75 Å². The lowest BCUT2D eigenvalue weighted by molar-refractivity contribution is -0.134. The summed E-state index contributed by atoms with van der Waals surface area (Å²) >= 11 is 0. The van der Waals surface area contributed by atoms with Gasteiger partial charge in [0.25, 0.3) is 0 Å². The van der Waals surface area contributed by atoms with Gasteiger partial charge in [0, 0.05) is 16.9 Å². The number of para-hydroxylation sites is 1. The summed E-state index contributed by atoms with van der Waals surface area (Å²) < 4.78 is 30.4. The molecule has 0 aromatic heterocycles. The Morgan fingerprint density at radius 2 is 1.70 bits per heavy atom. The molecule has 0 aliphatic carbocycles. The number of azide groups is 1. The van der Waals surface area contributed by atoms with Crippen LogP contribution in [0.2, 0.25) is 0 Å². The molecule has 0 spiro atoms. The van der Waals surface area contributed by atoms with Crippen molar-refractivity contribution in [3.8, 4) is 5.75 Å². The zero-order chi connectivity index (χ0) is 20.9. The van der Waals surface area contributed by atoms with E-state index < -0.39 is 24.8 Å². The number of carbonyl (C=O) groups excluding carboxylic acids is 1. The quantitative estimate of drug-likeness (QED) is 0.134. The van der Waals surface area contributed by atoms with Gasteiger partial charge in [-0.15, -0.1) is 0 Å². The van der Waals surface area contributed by atoms with Crippen LogP contribution in [-0.2, 0) is 24.6 Å². The predicted molar refractivity (Wildman–Crippen MR) is 104 cm³/mol. The molecule has 0 N–H and O–H groups in total. The van der Waals surface area contributed by atoms with E-state index >= 15 is 0 Å². The number of esters is 1. The molecular formula is C18H28N3O5P. The van der Waals surface area contributed by atoms with Gasteiger partial charge in [-0.3, -0.25) is 9.36 Å². The van der Waals surface area contributed by atoms with Crippen LogP contribution in [0.4, 0.5) is 5.69 Å². The molecule has 0 unspecified atom stereocenters. The van der Waals surface area contributed by atoms with E-state index in [-0.39, 0.29) is 24.0 Å². The SMILES string of the molecule is CCC(=O)Oc1c(CP(=O)(OC(C)(C)C)OC(C)(C)C)cccc1N=[N+]=[N-]. The second-order valence-electron chi connectivity index (χ2n) is 7.96. The number of nitrogens with zero attached hydrogens (tertiary/aromatic N) is 3. The molecule has 1 aromatic rings. The zero-order valence-electron chi connectivity index (χ0n) is 17.0. The molecule has 1 rings (SSSR count). The number of benzene rings is 1. The van der Waals surface area contributed by atoms with Crippen molar-refractivity contribution in [2.45, 2.75) is 72.3 Å². The van der Waals surface area contributed by atoms with Crippen LogP contribution in [0.1, 0.15) is 60.5 Å². The van der Waals surface area contributed by atoms with E-state index in [1.165, 1.54) is 6.07 Å². The molecule has 0 heterocycles. The highest BCUT2D eigenvalue weighted by atomic mass is 31.2. The lowest BCUT2D eigenvalue weighted by Gasteiger charge is -2.32. The largest absolute Gasteiger partial charge is 0.426 e. The Labute approximate surface area is 160 Å². The Kier molecular flexibility index (Phi) is 7.64. The minimum Gasteiger partial charge on any atom is -0.426 e. The molecule has 0 saturated carbocycles. The molecule has 0 atom stereocenters. The fourth-order valence-corrected chi connectivity index (χ4v) is 4.75. The third-order valence-electron chi connectivity index (χ3n) is 2.92. The maximum Gasteiger partial charge on any atom is 0.336 e. The summed E-state index contributed by atoms with van der Waals surface area (Å²) in [6, 6.07) is 4.78. The first-order valence-corrected chi connectivity index (χ1v) is 10.4. The van der Waals surface area contributed by atoms with Gasteiger partial charge in [-0.25, -0.2) is 0 Å². The van der Waals surface area contributed by atoms with Gasteiger partial charge in [0.15, 0.2) is 0 Å². The molecule has 1 aromatic carbocycles. The summed E-state index contributed by atoms with van der Waals surface area (Å²) in [7, 11) is -3.63. The average Bonchev–Trinajstić information content (AvgIpc) is 2.46. The highest BCUT2D eigenvalue weighted by Gasteiger charge is 2.36. The van der Waals surface area contributed by atoms with Gasteiger partial charge in [-0.05, 0) is 53.1 Å². The molecule has 150 valence electrons. The fraction of sp³-hybridized carbons (Fsp3) is 0.611. The van der Waals surface area contributed by atoms with E-state index in [4.69, 9.17) is 19.3 Å². The second kappa shape index (κ2) is 8.89. The van der Waals surface area contributed by atoms with Crippen LogP contribution in [0, 0.1) is 0 Å². The topological polar surface area (TPSA) is 111 Å². The number of hydrogen-bond donors (Lipinski definition) is 0. The molecule has 9 heteroatoms. The van der Waals surface area contributed by atoms with Gasteiger partial charge in [0.1, 0.15) is 5.75 Å². The first-order valence-electron chi connectivity index (χ1n) is 8.67. The van der Waals surface area contributed by atoms with Gasteiger partial charge in [0.2, 0.25) is 0 Å². The standard InChI is InChI=1S/C18H28N3O5P/c1-8-15(22)24-16-13(10-9-11-14(16)20-21-19)12-27(23,25-17(2,3)4)26-18(5,6)7/h9-11H,8,12H2,1-7H3. The van der Waals surface area contributed by atoms with E-state index in [1.54, 1.807) is 60.6 Å². The summed E-state index contributed by atoms with van der Waals surface area (Å²) in [4.78, 5) is 14.6. The minimum absolute atomic E-state index is 0.0670. The first-order chi connectivity index (χ1) is 12.3. The molecule has 27 heavy (non-hydrogen) atoms. The second-order valence-corrected chi connectivity index (χ2v) is 9.86. The van der Waals surface area contributed by atoms with E-state index in [9.17, 15) is 9.36 Å². The molecule has 0 radical (unpaired) electrons. The number of carbonyl (C=O) groups is 1. The van der Waals surface area contributed by atoms with Gasteiger partial charge < -0.3 is 13.8 Å². The van der Waals surface area contributed by atoms with Crippen LogP contribution < -0.4 is 4.74 Å². The summed E-state index contributed by atoms with van der Waals surface area (Å²) in [6.45, 7) is 12.3. The van der Waals surface area contributed by atoms with Crippen LogP contribution in [0.25, 0.3) is 10.4 Å². The van der Waals surface area contributed by atoms with Gasteiger partial charge >= 0.3 is 13.6 Å². The van der Waals surface area contributed by atoms with Crippen LogP contribution in [0.3, 0.4) is 0 Å². The van der Waals surface area contributed by atoms with Crippen molar-refractivity contribution in [2.24, 2.45) is 5.11 Å². The van der Waals surface area contributed by atoms with Crippen LogP contribution in [0.15, 0.2) is 23.3 Å². The van der Waals surface area contributed by atoms with Gasteiger partial charge in [0.05, 0.1) is 23.1 Å². The van der Waals surface area contributed by atoms with Gasteiger partial charge in [-0.1, -0.05) is 24.2 Å².